The number of aryl methyl sites for hydroxylation is 1. The SMILES string of the molecule is Cc1ccc(-c2c3c(c(-c4ccccc4)c4ccccc24)-c2cccc4c(-c5cc6ccccc6c6c5sc5ccccc56)ccc-3c24)cc1. The molecule has 0 saturated heterocycles. The Labute approximate surface area is 294 Å². The van der Waals surface area contributed by atoms with Crippen molar-refractivity contribution in [2.75, 3.05) is 0 Å². The highest BCUT2D eigenvalue weighted by Gasteiger charge is 2.31. The Hall–Kier alpha value is -6.02. The molecule has 0 fully saturated rings. The Balaban J connectivity index is 1.29. The van der Waals surface area contributed by atoms with Gasteiger partial charge in [0.15, 0.2) is 0 Å². The Morgan fingerprint density at radius 2 is 0.940 bits per heavy atom. The molecule has 1 aromatic heterocycles. The van der Waals surface area contributed by atoms with Crippen molar-refractivity contribution in [2.24, 2.45) is 0 Å². The van der Waals surface area contributed by atoms with Crippen LogP contribution in [0.5, 0.6) is 0 Å². The second kappa shape index (κ2) is 10.5. The maximum atomic E-state index is 2.43. The van der Waals surface area contributed by atoms with E-state index in [2.05, 4.69) is 171 Å². The topological polar surface area (TPSA) is 0 Å². The van der Waals surface area contributed by atoms with Gasteiger partial charge in [-0.3, -0.25) is 0 Å². The van der Waals surface area contributed by atoms with E-state index in [1.54, 1.807) is 0 Å². The average Bonchev–Trinajstić information content (AvgIpc) is 3.72. The molecule has 1 heteroatoms. The van der Waals surface area contributed by atoms with Gasteiger partial charge in [0.2, 0.25) is 0 Å². The van der Waals surface area contributed by atoms with Crippen LogP contribution in [-0.2, 0) is 0 Å². The molecule has 0 radical (unpaired) electrons. The van der Waals surface area contributed by atoms with Crippen molar-refractivity contribution in [3.63, 3.8) is 0 Å². The van der Waals surface area contributed by atoms with Crippen molar-refractivity contribution in [2.45, 2.75) is 6.92 Å². The zero-order valence-electron chi connectivity index (χ0n) is 27.5. The van der Waals surface area contributed by atoms with Crippen LogP contribution in [0.1, 0.15) is 5.56 Å². The molecule has 0 nitrogen and oxygen atoms in total. The van der Waals surface area contributed by atoms with Gasteiger partial charge in [0.05, 0.1) is 0 Å². The molecule has 50 heavy (non-hydrogen) atoms. The second-order valence-electron chi connectivity index (χ2n) is 13.6. The maximum absolute atomic E-state index is 2.43. The van der Waals surface area contributed by atoms with Crippen molar-refractivity contribution in [3.05, 3.63) is 169 Å². The number of fused-ring (bicyclic) bond motifs is 9. The van der Waals surface area contributed by atoms with E-state index < -0.39 is 0 Å². The molecule has 1 aliphatic carbocycles. The number of hydrogen-bond acceptors (Lipinski definition) is 1. The highest BCUT2D eigenvalue weighted by Crippen LogP contribution is 2.59. The molecule has 0 unspecified atom stereocenters. The number of rotatable bonds is 3. The second-order valence-corrected chi connectivity index (χ2v) is 14.7. The van der Waals surface area contributed by atoms with E-state index in [1.807, 2.05) is 11.3 Å². The molecule has 0 amide bonds. The maximum Gasteiger partial charge on any atom is 0.0440 e. The molecule has 0 N–H and O–H groups in total. The molecule has 1 aliphatic rings. The van der Waals surface area contributed by atoms with Crippen LogP contribution in [0.3, 0.4) is 0 Å². The van der Waals surface area contributed by atoms with Gasteiger partial charge in [-0.1, -0.05) is 157 Å². The normalized spacial score (nSPS) is 12.1. The lowest BCUT2D eigenvalue weighted by Crippen LogP contribution is -1.93. The van der Waals surface area contributed by atoms with Gasteiger partial charge >= 0.3 is 0 Å². The van der Waals surface area contributed by atoms with Gasteiger partial charge in [-0.05, 0) is 101 Å². The van der Waals surface area contributed by atoms with Crippen molar-refractivity contribution in [3.8, 4) is 55.6 Å². The van der Waals surface area contributed by atoms with Gasteiger partial charge in [0, 0.05) is 25.7 Å². The van der Waals surface area contributed by atoms with Gasteiger partial charge in [-0.2, -0.15) is 0 Å². The van der Waals surface area contributed by atoms with Crippen molar-refractivity contribution >= 4 is 63.8 Å². The molecular weight excluding hydrogens is 621 g/mol. The minimum absolute atomic E-state index is 1.25. The fourth-order valence-corrected chi connectivity index (χ4v) is 9.98. The standard InChI is InChI=1S/C49H30S/c1-29-22-24-31(25-23-29)44-37-17-8-7-16-36(37)43(30-12-3-2-4-13-30)47-39-20-11-19-35-34(26-27-40(45(35)39)48(44)47)41-28-32-14-5-6-15-33(32)46-38-18-9-10-21-42(38)50-49(41)46/h2-28H,1H3. The molecular formula is C49H30S. The Kier molecular flexibility index (Phi) is 5.85. The molecule has 1 heterocycles. The third-order valence-electron chi connectivity index (χ3n) is 10.9. The minimum Gasteiger partial charge on any atom is -0.135 e. The summed E-state index contributed by atoms with van der Waals surface area (Å²) in [7, 11) is 0. The first kappa shape index (κ1) is 27.9. The van der Waals surface area contributed by atoms with Crippen LogP contribution in [0.15, 0.2) is 164 Å². The molecule has 232 valence electrons. The molecule has 0 aliphatic heterocycles. The first-order chi connectivity index (χ1) is 24.7. The highest BCUT2D eigenvalue weighted by atomic mass is 32.1. The van der Waals surface area contributed by atoms with Crippen LogP contribution in [0.2, 0.25) is 0 Å². The monoisotopic (exact) mass is 650 g/mol. The summed E-state index contributed by atoms with van der Waals surface area (Å²) in [5.41, 5.74) is 14.3. The first-order valence-electron chi connectivity index (χ1n) is 17.4. The summed E-state index contributed by atoms with van der Waals surface area (Å²) in [6, 6.07) is 61.2. The third kappa shape index (κ3) is 3.81. The van der Waals surface area contributed by atoms with Crippen molar-refractivity contribution in [1.82, 2.24) is 0 Å². The van der Waals surface area contributed by atoms with Gasteiger partial charge < -0.3 is 0 Å². The summed E-state index contributed by atoms with van der Waals surface area (Å²) in [6.07, 6.45) is 0. The average molecular weight is 651 g/mol. The molecule has 10 aromatic rings. The van der Waals surface area contributed by atoms with E-state index in [0.717, 1.165) is 0 Å². The smallest absolute Gasteiger partial charge is 0.0440 e. The van der Waals surface area contributed by atoms with Crippen LogP contribution < -0.4 is 0 Å². The number of benzene rings is 9. The predicted molar refractivity (Wildman–Crippen MR) is 217 cm³/mol. The van der Waals surface area contributed by atoms with Gasteiger partial charge in [-0.25, -0.2) is 0 Å². The highest BCUT2D eigenvalue weighted by molar-refractivity contribution is 7.26. The van der Waals surface area contributed by atoms with Crippen molar-refractivity contribution < 1.29 is 0 Å². The fraction of sp³-hybridized carbons (Fsp3) is 0.0204. The lowest BCUT2D eigenvalue weighted by atomic mass is 9.82. The predicted octanol–water partition coefficient (Wildman–Crippen LogP) is 14.5. The van der Waals surface area contributed by atoms with E-state index in [4.69, 9.17) is 0 Å². The van der Waals surface area contributed by atoms with Crippen LogP contribution >= 0.6 is 11.3 Å². The Morgan fingerprint density at radius 1 is 0.360 bits per heavy atom. The van der Waals surface area contributed by atoms with Gasteiger partial charge in [0.25, 0.3) is 0 Å². The fourth-order valence-electron chi connectivity index (χ4n) is 8.73. The summed E-state index contributed by atoms with van der Waals surface area (Å²) in [6.45, 7) is 2.17. The van der Waals surface area contributed by atoms with E-state index >= 15 is 0 Å². The molecule has 11 rings (SSSR count). The van der Waals surface area contributed by atoms with Gasteiger partial charge in [0.1, 0.15) is 0 Å². The zero-order valence-corrected chi connectivity index (χ0v) is 28.3. The lowest BCUT2D eigenvalue weighted by Gasteiger charge is -2.20. The van der Waals surface area contributed by atoms with Gasteiger partial charge in [-0.15, -0.1) is 11.3 Å². The summed E-state index contributed by atoms with van der Waals surface area (Å²) < 4.78 is 2.69. The first-order valence-corrected chi connectivity index (χ1v) is 18.2. The van der Waals surface area contributed by atoms with E-state index in [-0.39, 0.29) is 0 Å². The van der Waals surface area contributed by atoms with Crippen LogP contribution in [0, 0.1) is 6.92 Å². The third-order valence-corrected chi connectivity index (χ3v) is 12.1. The zero-order chi connectivity index (χ0) is 32.9. The molecule has 0 spiro atoms. The van der Waals surface area contributed by atoms with Crippen LogP contribution in [0.4, 0.5) is 0 Å². The Morgan fingerprint density at radius 3 is 1.70 bits per heavy atom. The number of hydrogen-bond donors (Lipinski definition) is 0. The lowest BCUT2D eigenvalue weighted by molar-refractivity contribution is 1.47. The van der Waals surface area contributed by atoms with Crippen LogP contribution in [0.25, 0.3) is 108 Å². The van der Waals surface area contributed by atoms with Crippen LogP contribution in [-0.4, -0.2) is 0 Å². The van der Waals surface area contributed by atoms with Crippen molar-refractivity contribution in [1.29, 1.82) is 0 Å². The van der Waals surface area contributed by atoms with E-state index in [0.29, 0.717) is 0 Å². The summed E-state index contributed by atoms with van der Waals surface area (Å²) in [4.78, 5) is 0. The van der Waals surface area contributed by atoms with E-state index in [1.165, 1.54) is 114 Å². The summed E-state index contributed by atoms with van der Waals surface area (Å²) in [5, 5.41) is 10.6. The van der Waals surface area contributed by atoms with E-state index in [9.17, 15) is 0 Å². The summed E-state index contributed by atoms with van der Waals surface area (Å²) >= 11 is 1.92. The summed E-state index contributed by atoms with van der Waals surface area (Å²) in [5.74, 6) is 0. The molecule has 0 atom stereocenters. The Bertz CT molecular complexity index is 3020. The molecule has 0 bridgehead atoms. The quantitative estimate of drug-likeness (QED) is 0.178. The molecule has 0 saturated carbocycles. The number of thiophene rings is 1. The largest absolute Gasteiger partial charge is 0.135 e. The minimum atomic E-state index is 1.25. The molecule has 9 aromatic carbocycles.